The molecule has 0 radical (unpaired) electrons. The molecular weight excluding hydrogens is 478 g/mol. The molecule has 2 aromatic carbocycles. The molecule has 0 saturated carbocycles. The van der Waals surface area contributed by atoms with Gasteiger partial charge in [-0.2, -0.15) is 11.8 Å². The average molecular weight is 510 g/mol. The lowest BCUT2D eigenvalue weighted by molar-refractivity contribution is -0.129. The van der Waals surface area contributed by atoms with Crippen LogP contribution in [0.1, 0.15) is 35.4 Å². The van der Waals surface area contributed by atoms with Gasteiger partial charge in [0.05, 0.1) is 32.3 Å². The van der Waals surface area contributed by atoms with Crippen molar-refractivity contribution in [3.05, 3.63) is 77.2 Å². The second kappa shape index (κ2) is 11.4. The number of aromatic nitrogens is 2. The molecule has 1 atom stereocenters. The number of hydrogen-bond donors (Lipinski definition) is 2. The Labute approximate surface area is 214 Å². The predicted octanol–water partition coefficient (Wildman–Crippen LogP) is 3.28. The number of thioether (sulfide) groups is 1. The quantitative estimate of drug-likeness (QED) is 0.367. The summed E-state index contributed by atoms with van der Waals surface area (Å²) >= 11 is 1.92. The van der Waals surface area contributed by atoms with E-state index in [0.29, 0.717) is 31.6 Å². The summed E-state index contributed by atoms with van der Waals surface area (Å²) in [6.07, 6.45) is 0. The fourth-order valence-electron chi connectivity index (χ4n) is 4.43. The second-order valence-electron chi connectivity index (χ2n) is 8.63. The monoisotopic (exact) mass is 509 g/mol. The van der Waals surface area contributed by atoms with E-state index < -0.39 is 5.79 Å². The number of aliphatic hydroxyl groups excluding tert-OH is 1. The fraction of sp³-hybridized carbons (Fsp3) is 0.423. The Morgan fingerprint density at radius 1 is 1.08 bits per heavy atom. The van der Waals surface area contributed by atoms with E-state index >= 15 is 0 Å². The molecule has 2 aliphatic rings. The summed E-state index contributed by atoms with van der Waals surface area (Å²) in [5, 5.41) is 20.9. The van der Waals surface area contributed by atoms with E-state index in [-0.39, 0.29) is 18.5 Å². The highest BCUT2D eigenvalue weighted by Crippen LogP contribution is 2.39. The van der Waals surface area contributed by atoms with Crippen molar-refractivity contribution in [1.82, 2.24) is 15.1 Å². The van der Waals surface area contributed by atoms with Gasteiger partial charge in [-0.25, -0.2) is 0 Å². The van der Waals surface area contributed by atoms with Gasteiger partial charge in [0.15, 0.2) is 0 Å². The molecule has 2 aliphatic heterocycles. The Hall–Kier alpha value is -2.92. The molecule has 1 unspecified atom stereocenters. The van der Waals surface area contributed by atoms with E-state index in [4.69, 9.17) is 13.9 Å². The fourth-order valence-corrected chi connectivity index (χ4v) is 5.33. The first-order chi connectivity index (χ1) is 17.7. The SMILES string of the molecule is CC(c1cccc(C2(c3ccccc3)OCCO2)c1)c1nnc(NC(=NCCO)N2CCSCC2)o1. The van der Waals surface area contributed by atoms with Gasteiger partial charge in [0.25, 0.3) is 0 Å². The van der Waals surface area contributed by atoms with E-state index in [2.05, 4.69) is 31.5 Å². The number of rotatable bonds is 7. The average Bonchev–Trinajstić information content (AvgIpc) is 3.63. The third-order valence-electron chi connectivity index (χ3n) is 6.32. The van der Waals surface area contributed by atoms with Crippen LogP contribution < -0.4 is 5.32 Å². The van der Waals surface area contributed by atoms with Crippen LogP contribution in [-0.4, -0.2) is 77.1 Å². The van der Waals surface area contributed by atoms with Crippen LogP contribution in [0.25, 0.3) is 0 Å². The first-order valence-electron chi connectivity index (χ1n) is 12.2. The molecule has 3 aromatic rings. The van der Waals surface area contributed by atoms with Crippen molar-refractivity contribution >= 4 is 23.7 Å². The molecule has 2 N–H and O–H groups in total. The summed E-state index contributed by atoms with van der Waals surface area (Å²) in [5.41, 5.74) is 2.90. The zero-order chi connectivity index (χ0) is 24.8. The van der Waals surface area contributed by atoms with Crippen LogP contribution in [0.5, 0.6) is 0 Å². The van der Waals surface area contributed by atoms with Gasteiger partial charge in [0.2, 0.25) is 17.6 Å². The molecule has 3 heterocycles. The molecule has 0 spiro atoms. The van der Waals surface area contributed by atoms with Crippen LogP contribution in [0.2, 0.25) is 0 Å². The molecule has 10 heteroatoms. The van der Waals surface area contributed by atoms with Crippen molar-refractivity contribution < 1.29 is 19.0 Å². The maximum absolute atomic E-state index is 9.25. The van der Waals surface area contributed by atoms with Crippen LogP contribution in [0.15, 0.2) is 64.0 Å². The van der Waals surface area contributed by atoms with Gasteiger partial charge in [0, 0.05) is 35.7 Å². The first-order valence-corrected chi connectivity index (χ1v) is 13.4. The maximum Gasteiger partial charge on any atom is 0.322 e. The molecule has 9 nitrogen and oxygen atoms in total. The Morgan fingerprint density at radius 2 is 1.83 bits per heavy atom. The van der Waals surface area contributed by atoms with Crippen molar-refractivity contribution in [1.29, 1.82) is 0 Å². The summed E-state index contributed by atoms with van der Waals surface area (Å²) < 4.78 is 18.3. The van der Waals surface area contributed by atoms with Crippen LogP contribution in [0, 0.1) is 0 Å². The predicted molar refractivity (Wildman–Crippen MR) is 139 cm³/mol. The molecule has 0 amide bonds. The number of nitrogens with zero attached hydrogens (tertiary/aromatic N) is 4. The summed E-state index contributed by atoms with van der Waals surface area (Å²) in [7, 11) is 0. The summed E-state index contributed by atoms with van der Waals surface area (Å²) in [4.78, 5) is 6.63. The van der Waals surface area contributed by atoms with Gasteiger partial charge in [-0.15, -0.1) is 5.10 Å². The van der Waals surface area contributed by atoms with Gasteiger partial charge < -0.3 is 23.9 Å². The first kappa shape index (κ1) is 24.8. The highest BCUT2D eigenvalue weighted by atomic mass is 32.2. The summed E-state index contributed by atoms with van der Waals surface area (Å²) in [6, 6.07) is 18.4. The van der Waals surface area contributed by atoms with E-state index in [1.165, 1.54) is 0 Å². The van der Waals surface area contributed by atoms with Crippen LogP contribution in [0.3, 0.4) is 0 Å². The van der Waals surface area contributed by atoms with Crippen LogP contribution >= 0.6 is 11.8 Å². The van der Waals surface area contributed by atoms with Gasteiger partial charge in [-0.05, 0) is 18.6 Å². The van der Waals surface area contributed by atoms with Crippen molar-refractivity contribution in [3.63, 3.8) is 0 Å². The molecule has 2 fully saturated rings. The normalized spacial score (nSPS) is 18.8. The molecule has 2 saturated heterocycles. The number of guanidine groups is 1. The third-order valence-corrected chi connectivity index (χ3v) is 7.26. The highest BCUT2D eigenvalue weighted by molar-refractivity contribution is 7.99. The van der Waals surface area contributed by atoms with Crippen molar-refractivity contribution in [3.8, 4) is 0 Å². The molecular formula is C26H31N5O4S. The molecule has 1 aromatic heterocycles. The van der Waals surface area contributed by atoms with E-state index in [0.717, 1.165) is 41.3 Å². The molecule has 5 rings (SSSR count). The van der Waals surface area contributed by atoms with Crippen molar-refractivity contribution in [2.75, 3.05) is 56.3 Å². The Kier molecular flexibility index (Phi) is 7.86. The molecule has 36 heavy (non-hydrogen) atoms. The standard InChI is InChI=1S/C26H31N5O4S/c1-19(23-29-30-25(35-23)28-24(27-10-13-32)31-11-16-36-17-12-31)20-6-5-9-22(18-20)26(33-14-15-34-26)21-7-3-2-4-8-21/h2-9,18-19,32H,10-17H2,1H3,(H,27,28,30). The lowest BCUT2D eigenvalue weighted by Crippen LogP contribution is -2.42. The van der Waals surface area contributed by atoms with Gasteiger partial charge in [0.1, 0.15) is 0 Å². The molecule has 0 aliphatic carbocycles. The minimum Gasteiger partial charge on any atom is -0.407 e. The van der Waals surface area contributed by atoms with Gasteiger partial charge in [-0.1, -0.05) is 53.6 Å². The maximum atomic E-state index is 9.25. The summed E-state index contributed by atoms with van der Waals surface area (Å²) in [5.74, 6) is 2.12. The number of aliphatic imine (C=N–C) groups is 1. The lowest BCUT2D eigenvalue weighted by Gasteiger charge is -2.29. The zero-order valence-electron chi connectivity index (χ0n) is 20.3. The number of hydrogen-bond acceptors (Lipinski definition) is 8. The Morgan fingerprint density at radius 3 is 2.58 bits per heavy atom. The van der Waals surface area contributed by atoms with Crippen molar-refractivity contribution in [2.45, 2.75) is 18.6 Å². The van der Waals surface area contributed by atoms with Gasteiger partial charge >= 0.3 is 6.01 Å². The van der Waals surface area contributed by atoms with E-state index in [1.54, 1.807) is 0 Å². The molecule has 190 valence electrons. The Bertz CT molecular complexity index is 1160. The lowest BCUT2D eigenvalue weighted by atomic mass is 9.92. The topological polar surface area (TPSA) is 105 Å². The van der Waals surface area contributed by atoms with Gasteiger partial charge in [-0.3, -0.25) is 10.3 Å². The number of aliphatic hydroxyl groups is 1. The van der Waals surface area contributed by atoms with Crippen LogP contribution in [-0.2, 0) is 15.3 Å². The Balaban J connectivity index is 1.36. The zero-order valence-corrected chi connectivity index (χ0v) is 21.1. The highest BCUT2D eigenvalue weighted by Gasteiger charge is 2.40. The smallest absolute Gasteiger partial charge is 0.322 e. The van der Waals surface area contributed by atoms with E-state index in [9.17, 15) is 5.11 Å². The third kappa shape index (κ3) is 5.27. The number of benzene rings is 2. The number of anilines is 1. The number of ether oxygens (including phenoxy) is 2. The second-order valence-corrected chi connectivity index (χ2v) is 9.85. The van der Waals surface area contributed by atoms with Crippen LogP contribution in [0.4, 0.5) is 6.01 Å². The molecule has 0 bridgehead atoms. The summed E-state index contributed by atoms with van der Waals surface area (Å²) in [6.45, 7) is 5.13. The largest absolute Gasteiger partial charge is 0.407 e. The van der Waals surface area contributed by atoms with E-state index in [1.807, 2.05) is 67.2 Å². The minimum absolute atomic E-state index is 0.0197. The number of nitrogens with one attached hydrogen (secondary N) is 1. The minimum atomic E-state index is -0.927. The van der Waals surface area contributed by atoms with Crippen molar-refractivity contribution in [2.24, 2.45) is 4.99 Å².